The first kappa shape index (κ1) is 23.1. The first-order valence-electron chi connectivity index (χ1n) is 10.2. The highest BCUT2D eigenvalue weighted by Crippen LogP contribution is 2.24. The second-order valence-electron chi connectivity index (χ2n) is 6.88. The first-order chi connectivity index (χ1) is 13.0. The fourth-order valence-corrected chi connectivity index (χ4v) is 3.35. The van der Waals surface area contributed by atoms with Crippen LogP contribution in [0.2, 0.25) is 0 Å². The van der Waals surface area contributed by atoms with Crippen molar-refractivity contribution in [3.05, 3.63) is 47.5 Å². The monoisotopic (exact) mass is 370 g/mol. The fraction of sp³-hybridized carbons (Fsp3) is 0.565. The van der Waals surface area contributed by atoms with Gasteiger partial charge in [0.1, 0.15) is 0 Å². The quantitative estimate of drug-likeness (QED) is 0.467. The topological polar surface area (TPSA) is 40.0 Å². The Morgan fingerprint density at radius 1 is 1.15 bits per heavy atom. The minimum atomic E-state index is 0.489. The highest BCUT2D eigenvalue weighted by molar-refractivity contribution is 6.16. The molecule has 1 rings (SSSR count). The molecule has 4 nitrogen and oxygen atoms in total. The number of aliphatic imine (C=N–C) groups is 2. The van der Waals surface area contributed by atoms with Gasteiger partial charge in [-0.1, -0.05) is 32.1 Å². The maximum atomic E-state index is 4.74. The van der Waals surface area contributed by atoms with E-state index in [9.17, 15) is 0 Å². The van der Waals surface area contributed by atoms with E-state index >= 15 is 0 Å². The van der Waals surface area contributed by atoms with Crippen LogP contribution in [0.3, 0.4) is 0 Å². The van der Waals surface area contributed by atoms with Crippen LogP contribution in [0, 0.1) is 0 Å². The summed E-state index contributed by atoms with van der Waals surface area (Å²) in [6, 6.07) is 0.489. The van der Waals surface area contributed by atoms with Gasteiger partial charge in [-0.25, -0.2) is 0 Å². The number of nitrogens with one attached hydrogen (secondary N) is 1. The molecule has 0 bridgehead atoms. The lowest BCUT2D eigenvalue weighted by molar-refractivity contribution is 0.255. The van der Waals surface area contributed by atoms with Gasteiger partial charge in [0, 0.05) is 66.3 Å². The molecular weight excluding hydrogens is 332 g/mol. The third kappa shape index (κ3) is 6.94. The summed E-state index contributed by atoms with van der Waals surface area (Å²) < 4.78 is 0. The van der Waals surface area contributed by atoms with E-state index in [4.69, 9.17) is 9.98 Å². The summed E-state index contributed by atoms with van der Waals surface area (Å²) in [4.78, 5) is 11.9. The smallest absolute Gasteiger partial charge is 0.0476 e. The van der Waals surface area contributed by atoms with Crippen molar-refractivity contribution in [1.29, 1.82) is 0 Å². The van der Waals surface area contributed by atoms with Crippen LogP contribution in [-0.2, 0) is 0 Å². The molecule has 1 saturated heterocycles. The largest absolute Gasteiger partial charge is 0.372 e. The van der Waals surface area contributed by atoms with Crippen LogP contribution in [-0.4, -0.2) is 42.0 Å². The van der Waals surface area contributed by atoms with Crippen molar-refractivity contribution in [1.82, 2.24) is 10.2 Å². The molecule has 0 aromatic heterocycles. The molecule has 0 amide bonds. The Morgan fingerprint density at radius 3 is 2.44 bits per heavy atom. The maximum Gasteiger partial charge on any atom is 0.0476 e. The Kier molecular flexibility index (Phi) is 10.6. The summed E-state index contributed by atoms with van der Waals surface area (Å²) in [7, 11) is 0. The van der Waals surface area contributed by atoms with Gasteiger partial charge in [-0.2, -0.15) is 0 Å². The molecule has 0 spiro atoms. The molecule has 0 saturated carbocycles. The van der Waals surface area contributed by atoms with E-state index in [1.54, 1.807) is 0 Å². The summed E-state index contributed by atoms with van der Waals surface area (Å²) in [6.07, 6.45) is 11.9. The van der Waals surface area contributed by atoms with E-state index in [-0.39, 0.29) is 0 Å². The van der Waals surface area contributed by atoms with Crippen LogP contribution in [0.4, 0.5) is 0 Å². The summed E-state index contributed by atoms with van der Waals surface area (Å²) in [5, 5.41) is 3.53. The molecule has 1 atom stereocenters. The van der Waals surface area contributed by atoms with E-state index in [2.05, 4.69) is 63.9 Å². The molecule has 0 radical (unpaired) electrons. The molecule has 1 unspecified atom stereocenters. The summed E-state index contributed by atoms with van der Waals surface area (Å²) in [6.45, 7) is 18.0. The van der Waals surface area contributed by atoms with Crippen molar-refractivity contribution >= 4 is 11.4 Å². The number of allylic oxidation sites excluding steroid dienone is 6. The Hall–Kier alpha value is -1.94. The van der Waals surface area contributed by atoms with Gasteiger partial charge in [-0.15, -0.1) is 0 Å². The van der Waals surface area contributed by atoms with Crippen molar-refractivity contribution in [2.24, 2.45) is 9.98 Å². The average Bonchev–Trinajstić information content (AvgIpc) is 2.67. The van der Waals surface area contributed by atoms with Gasteiger partial charge in [0.2, 0.25) is 0 Å². The number of rotatable bonds is 8. The molecule has 1 heterocycles. The number of hydrogen-bond acceptors (Lipinski definition) is 4. The van der Waals surface area contributed by atoms with Gasteiger partial charge in [0.05, 0.1) is 0 Å². The normalized spacial score (nSPS) is 21.4. The Balaban J connectivity index is 3.49. The van der Waals surface area contributed by atoms with E-state index in [0.717, 1.165) is 43.9 Å². The van der Waals surface area contributed by atoms with E-state index in [1.165, 1.54) is 16.8 Å². The highest BCUT2D eigenvalue weighted by atomic mass is 15.2. The van der Waals surface area contributed by atoms with Crippen molar-refractivity contribution in [3.63, 3.8) is 0 Å². The molecule has 1 fully saturated rings. The van der Waals surface area contributed by atoms with Crippen molar-refractivity contribution in [2.45, 2.75) is 67.3 Å². The lowest BCUT2D eigenvalue weighted by Gasteiger charge is -2.36. The van der Waals surface area contributed by atoms with E-state index in [1.807, 2.05) is 25.4 Å². The summed E-state index contributed by atoms with van der Waals surface area (Å²) >= 11 is 0. The average molecular weight is 371 g/mol. The molecular formula is C23H38N4. The van der Waals surface area contributed by atoms with Gasteiger partial charge < -0.3 is 10.2 Å². The predicted octanol–water partition coefficient (Wildman–Crippen LogP) is 5.27. The van der Waals surface area contributed by atoms with Gasteiger partial charge in [0.15, 0.2) is 0 Å². The minimum Gasteiger partial charge on any atom is -0.372 e. The molecule has 0 aliphatic carbocycles. The third-order valence-corrected chi connectivity index (χ3v) is 4.76. The summed E-state index contributed by atoms with van der Waals surface area (Å²) in [5.41, 5.74) is 5.81. The molecule has 1 aliphatic heterocycles. The second kappa shape index (κ2) is 12.4. The SMILES string of the molecule is C\C=C/N=C(CC)/C(=C/C)C(/C(C)=N/C=C/CC)=C(/C)N1CCNC(C)C1. The van der Waals surface area contributed by atoms with Crippen LogP contribution in [0.1, 0.15) is 61.3 Å². The number of piperazine rings is 1. The van der Waals surface area contributed by atoms with Gasteiger partial charge in [0.25, 0.3) is 0 Å². The zero-order chi connectivity index (χ0) is 20.2. The van der Waals surface area contributed by atoms with Gasteiger partial charge >= 0.3 is 0 Å². The minimum absolute atomic E-state index is 0.489. The zero-order valence-corrected chi connectivity index (χ0v) is 18.3. The third-order valence-electron chi connectivity index (χ3n) is 4.76. The zero-order valence-electron chi connectivity index (χ0n) is 18.3. The predicted molar refractivity (Wildman–Crippen MR) is 121 cm³/mol. The molecule has 0 aromatic rings. The molecule has 4 heteroatoms. The highest BCUT2D eigenvalue weighted by Gasteiger charge is 2.22. The Bertz CT molecular complexity index is 647. The second-order valence-corrected chi connectivity index (χ2v) is 6.88. The van der Waals surface area contributed by atoms with Gasteiger partial charge in [-0.3, -0.25) is 9.98 Å². The van der Waals surface area contributed by atoms with Gasteiger partial charge in [-0.05, 0) is 47.5 Å². The van der Waals surface area contributed by atoms with Crippen LogP contribution in [0.5, 0.6) is 0 Å². The molecule has 1 aliphatic rings. The van der Waals surface area contributed by atoms with Crippen molar-refractivity contribution in [2.75, 3.05) is 19.6 Å². The lowest BCUT2D eigenvalue weighted by Crippen LogP contribution is -2.48. The van der Waals surface area contributed by atoms with Crippen LogP contribution < -0.4 is 5.32 Å². The molecule has 1 N–H and O–H groups in total. The Labute approximate surface area is 166 Å². The summed E-state index contributed by atoms with van der Waals surface area (Å²) in [5.74, 6) is 0. The van der Waals surface area contributed by atoms with E-state index in [0.29, 0.717) is 6.04 Å². The van der Waals surface area contributed by atoms with Crippen molar-refractivity contribution < 1.29 is 0 Å². The standard InChI is InChI=1S/C23H38N4/c1-8-12-14-25-19(6)23(20(7)27-16-15-24-18(5)17-27)21(10-3)22(11-4)26-13-9-2/h9-10,12-14,18,24H,8,11,15-17H2,1-7H3/b13-9-,14-12+,21-10-,23-20-,25-19+,26-22+. The van der Waals surface area contributed by atoms with Crippen LogP contribution >= 0.6 is 0 Å². The molecule has 150 valence electrons. The van der Waals surface area contributed by atoms with E-state index < -0.39 is 0 Å². The fourth-order valence-electron chi connectivity index (χ4n) is 3.35. The number of hydrogen-bond donors (Lipinski definition) is 1. The van der Waals surface area contributed by atoms with Crippen LogP contribution in [0.15, 0.2) is 57.5 Å². The van der Waals surface area contributed by atoms with Crippen molar-refractivity contribution in [3.8, 4) is 0 Å². The molecule has 27 heavy (non-hydrogen) atoms. The lowest BCUT2D eigenvalue weighted by atomic mass is 9.93. The maximum absolute atomic E-state index is 4.74. The van der Waals surface area contributed by atoms with Crippen LogP contribution in [0.25, 0.3) is 0 Å². The first-order valence-corrected chi connectivity index (χ1v) is 10.2. The number of nitrogens with zero attached hydrogens (tertiary/aromatic N) is 3. The Morgan fingerprint density at radius 2 is 1.89 bits per heavy atom. The molecule has 0 aromatic carbocycles.